The zero-order chi connectivity index (χ0) is 12.0. The van der Waals surface area contributed by atoms with Gasteiger partial charge in [-0.05, 0) is 31.7 Å². The van der Waals surface area contributed by atoms with E-state index >= 15 is 0 Å². The van der Waals surface area contributed by atoms with Crippen LogP contribution in [0, 0.1) is 5.92 Å². The molecule has 0 saturated heterocycles. The molecule has 0 bridgehead atoms. The molecule has 0 heterocycles. The van der Waals surface area contributed by atoms with Crippen molar-refractivity contribution in [3.05, 3.63) is 0 Å². The Morgan fingerprint density at radius 3 is 2.75 bits per heavy atom. The summed E-state index contributed by atoms with van der Waals surface area (Å²) in [5.41, 5.74) is 5.54. The maximum atomic E-state index is 12.0. The topological polar surface area (TPSA) is 55.6 Å². The van der Waals surface area contributed by atoms with E-state index < -0.39 is 0 Å². The van der Waals surface area contributed by atoms with Crippen LogP contribution in [-0.4, -0.2) is 43.7 Å². The van der Waals surface area contributed by atoms with Gasteiger partial charge in [0.05, 0.1) is 6.61 Å². The van der Waals surface area contributed by atoms with Crippen LogP contribution in [0.2, 0.25) is 0 Å². The maximum Gasteiger partial charge on any atom is 0.222 e. The van der Waals surface area contributed by atoms with Crippen molar-refractivity contribution < 1.29 is 9.53 Å². The molecule has 0 spiro atoms. The van der Waals surface area contributed by atoms with Crippen molar-refractivity contribution in [2.24, 2.45) is 11.7 Å². The molecule has 1 unspecified atom stereocenters. The molecule has 1 saturated carbocycles. The average molecular weight is 228 g/mol. The number of nitrogens with two attached hydrogens (primary N) is 1. The normalized spacial score (nSPS) is 17.2. The van der Waals surface area contributed by atoms with Gasteiger partial charge in [-0.25, -0.2) is 0 Å². The summed E-state index contributed by atoms with van der Waals surface area (Å²) in [5, 5.41) is 0. The minimum absolute atomic E-state index is 0.264. The molecule has 4 nitrogen and oxygen atoms in total. The molecule has 1 amide bonds. The number of nitrogens with zero attached hydrogens (tertiary/aromatic N) is 1. The van der Waals surface area contributed by atoms with Gasteiger partial charge in [0.15, 0.2) is 0 Å². The first-order chi connectivity index (χ1) is 7.69. The Labute approximate surface area is 98.1 Å². The van der Waals surface area contributed by atoms with Gasteiger partial charge in [0, 0.05) is 26.1 Å². The van der Waals surface area contributed by atoms with Crippen LogP contribution in [0.15, 0.2) is 0 Å². The third-order valence-corrected chi connectivity index (χ3v) is 3.10. The van der Waals surface area contributed by atoms with Gasteiger partial charge in [-0.15, -0.1) is 0 Å². The molecule has 1 atom stereocenters. The van der Waals surface area contributed by atoms with Crippen molar-refractivity contribution in [1.82, 2.24) is 4.90 Å². The zero-order valence-corrected chi connectivity index (χ0v) is 10.4. The number of hydrogen-bond donors (Lipinski definition) is 1. The van der Waals surface area contributed by atoms with Crippen LogP contribution in [-0.2, 0) is 9.53 Å². The summed E-state index contributed by atoms with van der Waals surface area (Å²) in [6.07, 6.45) is 3.83. The smallest absolute Gasteiger partial charge is 0.222 e. The predicted molar refractivity (Wildman–Crippen MR) is 64.1 cm³/mol. The van der Waals surface area contributed by atoms with Crippen LogP contribution in [0.3, 0.4) is 0 Å². The summed E-state index contributed by atoms with van der Waals surface area (Å²) in [6.45, 7) is 4.12. The Balaban J connectivity index is 2.29. The van der Waals surface area contributed by atoms with Gasteiger partial charge < -0.3 is 15.4 Å². The van der Waals surface area contributed by atoms with Crippen molar-refractivity contribution in [2.75, 3.05) is 26.8 Å². The molecule has 0 aromatic carbocycles. The molecule has 4 heteroatoms. The lowest BCUT2D eigenvalue weighted by Crippen LogP contribution is -2.36. The second kappa shape index (κ2) is 6.86. The number of carbonyl (C=O) groups excluding carboxylic acids is 1. The van der Waals surface area contributed by atoms with Crippen molar-refractivity contribution in [3.8, 4) is 0 Å². The maximum absolute atomic E-state index is 12.0. The average Bonchev–Trinajstić information content (AvgIpc) is 3.10. The highest BCUT2D eigenvalue weighted by Crippen LogP contribution is 2.27. The Bertz CT molecular complexity index is 217. The molecule has 94 valence electrons. The second-order valence-corrected chi connectivity index (χ2v) is 4.69. The van der Waals surface area contributed by atoms with Crippen molar-refractivity contribution in [2.45, 2.75) is 38.6 Å². The fraction of sp³-hybridized carbons (Fsp3) is 0.917. The molecular weight excluding hydrogens is 204 g/mol. The predicted octanol–water partition coefficient (Wildman–Crippen LogP) is 0.999. The van der Waals surface area contributed by atoms with Crippen LogP contribution in [0.1, 0.15) is 32.6 Å². The number of hydrogen-bond acceptors (Lipinski definition) is 3. The summed E-state index contributed by atoms with van der Waals surface area (Å²) in [4.78, 5) is 14.0. The van der Waals surface area contributed by atoms with E-state index in [1.54, 1.807) is 7.11 Å². The SMILES string of the molecule is COCCN(C(=O)CCC(C)CN)C1CC1. The first-order valence-electron chi connectivity index (χ1n) is 6.17. The van der Waals surface area contributed by atoms with Crippen molar-refractivity contribution >= 4 is 5.91 Å². The van der Waals surface area contributed by atoms with Gasteiger partial charge >= 0.3 is 0 Å². The van der Waals surface area contributed by atoms with Gasteiger partial charge in [-0.3, -0.25) is 4.79 Å². The van der Waals surface area contributed by atoms with E-state index in [0.717, 1.165) is 25.8 Å². The van der Waals surface area contributed by atoms with Gasteiger partial charge in [0.25, 0.3) is 0 Å². The van der Waals surface area contributed by atoms with Crippen LogP contribution in [0.5, 0.6) is 0 Å². The van der Waals surface area contributed by atoms with Crippen LogP contribution >= 0.6 is 0 Å². The highest BCUT2D eigenvalue weighted by molar-refractivity contribution is 5.76. The van der Waals surface area contributed by atoms with Crippen LogP contribution < -0.4 is 5.73 Å². The van der Waals surface area contributed by atoms with E-state index in [1.165, 1.54) is 0 Å². The fourth-order valence-electron chi connectivity index (χ4n) is 1.72. The minimum atomic E-state index is 0.264. The van der Waals surface area contributed by atoms with Gasteiger partial charge in [-0.1, -0.05) is 6.92 Å². The van der Waals surface area contributed by atoms with Crippen LogP contribution in [0.25, 0.3) is 0 Å². The van der Waals surface area contributed by atoms with E-state index in [1.807, 2.05) is 4.90 Å². The minimum Gasteiger partial charge on any atom is -0.383 e. The number of amides is 1. The number of rotatable bonds is 8. The molecule has 2 N–H and O–H groups in total. The van der Waals surface area contributed by atoms with Crippen LogP contribution in [0.4, 0.5) is 0 Å². The molecule has 0 aromatic rings. The molecular formula is C12H24N2O2. The number of ether oxygens (including phenoxy) is 1. The van der Waals surface area contributed by atoms with E-state index in [9.17, 15) is 4.79 Å². The Morgan fingerprint density at radius 1 is 1.56 bits per heavy atom. The third-order valence-electron chi connectivity index (χ3n) is 3.10. The molecule has 1 fully saturated rings. The van der Waals surface area contributed by atoms with Crippen molar-refractivity contribution in [3.63, 3.8) is 0 Å². The summed E-state index contributed by atoms with van der Waals surface area (Å²) in [5.74, 6) is 0.701. The van der Waals surface area contributed by atoms with E-state index in [-0.39, 0.29) is 5.91 Å². The lowest BCUT2D eigenvalue weighted by molar-refractivity contribution is -0.132. The molecule has 0 aliphatic heterocycles. The van der Waals surface area contributed by atoms with Gasteiger partial charge in [-0.2, -0.15) is 0 Å². The third kappa shape index (κ3) is 4.49. The summed E-state index contributed by atoms with van der Waals surface area (Å²) in [6, 6.07) is 0.482. The Morgan fingerprint density at radius 2 is 2.25 bits per heavy atom. The lowest BCUT2D eigenvalue weighted by Gasteiger charge is -2.22. The first kappa shape index (κ1) is 13.5. The highest BCUT2D eigenvalue weighted by atomic mass is 16.5. The number of carbonyl (C=O) groups is 1. The lowest BCUT2D eigenvalue weighted by atomic mass is 10.1. The second-order valence-electron chi connectivity index (χ2n) is 4.69. The first-order valence-corrected chi connectivity index (χ1v) is 6.17. The van der Waals surface area contributed by atoms with E-state index in [4.69, 9.17) is 10.5 Å². The quantitative estimate of drug-likeness (QED) is 0.674. The van der Waals surface area contributed by atoms with Gasteiger partial charge in [0.1, 0.15) is 0 Å². The van der Waals surface area contributed by atoms with Crippen molar-refractivity contribution in [1.29, 1.82) is 0 Å². The summed E-state index contributed by atoms with van der Waals surface area (Å²) < 4.78 is 5.03. The standard InChI is InChI=1S/C12H24N2O2/c1-10(9-13)3-6-12(15)14(7-8-16-2)11-4-5-11/h10-11H,3-9,13H2,1-2H3. The Kier molecular flexibility index (Phi) is 5.77. The summed E-state index contributed by atoms with van der Waals surface area (Å²) >= 11 is 0. The summed E-state index contributed by atoms with van der Waals surface area (Å²) in [7, 11) is 1.67. The molecule has 1 aliphatic rings. The largest absolute Gasteiger partial charge is 0.383 e. The van der Waals surface area contributed by atoms with E-state index in [0.29, 0.717) is 31.5 Å². The van der Waals surface area contributed by atoms with E-state index in [2.05, 4.69) is 6.92 Å². The molecule has 16 heavy (non-hydrogen) atoms. The van der Waals surface area contributed by atoms with Gasteiger partial charge in [0.2, 0.25) is 5.91 Å². The molecule has 1 rings (SSSR count). The number of methoxy groups -OCH3 is 1. The monoisotopic (exact) mass is 228 g/mol. The molecule has 0 aromatic heterocycles. The molecule has 1 aliphatic carbocycles. The highest BCUT2D eigenvalue weighted by Gasteiger charge is 2.31. The zero-order valence-electron chi connectivity index (χ0n) is 10.4. The fourth-order valence-corrected chi connectivity index (χ4v) is 1.72. The molecule has 0 radical (unpaired) electrons. The Hall–Kier alpha value is -0.610.